The lowest BCUT2D eigenvalue weighted by molar-refractivity contribution is 0.311. The number of aryl methyl sites for hydroxylation is 2. The fraction of sp³-hybridized carbons (Fsp3) is 0.400. The molecule has 1 saturated heterocycles. The summed E-state index contributed by atoms with van der Waals surface area (Å²) in [5, 5.41) is 10.8. The summed E-state index contributed by atoms with van der Waals surface area (Å²) in [6, 6.07) is 6.37. The van der Waals surface area contributed by atoms with Crippen LogP contribution in [0, 0.1) is 18.6 Å². The predicted molar refractivity (Wildman–Crippen MR) is 133 cm³/mol. The minimum absolute atomic E-state index is 0.0721. The molecule has 4 heterocycles. The Morgan fingerprint density at radius 3 is 2.53 bits per heavy atom. The number of fused-ring (bicyclic) bond motifs is 1. The van der Waals surface area contributed by atoms with E-state index >= 15 is 4.39 Å². The van der Waals surface area contributed by atoms with Crippen molar-refractivity contribution in [2.75, 3.05) is 43.4 Å². The number of likely N-dealkylation sites (N-methyl/N-ethyl adjacent to an activating group) is 1. The number of nitrogens with zero attached hydrogens (tertiary/aromatic N) is 6. The lowest BCUT2D eigenvalue weighted by Gasteiger charge is -2.33. The average Bonchev–Trinajstić information content (AvgIpc) is 3.53. The van der Waals surface area contributed by atoms with Gasteiger partial charge in [0.05, 0.1) is 5.52 Å². The summed E-state index contributed by atoms with van der Waals surface area (Å²) in [5.41, 5.74) is 2.02. The predicted octanol–water partition coefficient (Wildman–Crippen LogP) is 4.44. The van der Waals surface area contributed by atoms with E-state index < -0.39 is 11.6 Å². The Morgan fingerprint density at radius 1 is 1.00 bits per heavy atom. The van der Waals surface area contributed by atoms with E-state index in [1.165, 1.54) is 0 Å². The van der Waals surface area contributed by atoms with Crippen molar-refractivity contribution in [2.24, 2.45) is 7.05 Å². The van der Waals surface area contributed by atoms with Crippen LogP contribution >= 0.6 is 0 Å². The Labute approximate surface area is 207 Å². The van der Waals surface area contributed by atoms with E-state index in [1.54, 1.807) is 24.6 Å². The van der Waals surface area contributed by atoms with Crippen molar-refractivity contribution >= 4 is 28.4 Å². The normalized spacial score (nSPS) is 16.6. The smallest absolute Gasteiger partial charge is 0.326 e. The molecule has 0 bridgehead atoms. The Balaban J connectivity index is 1.35. The number of halogens is 2. The van der Waals surface area contributed by atoms with Gasteiger partial charge in [0.2, 0.25) is 0 Å². The Bertz CT molecular complexity index is 1440. The average molecular weight is 495 g/mol. The van der Waals surface area contributed by atoms with E-state index in [1.807, 2.05) is 12.1 Å². The molecule has 3 aromatic heterocycles. The number of anilines is 3. The zero-order chi connectivity index (χ0) is 25.0. The quantitative estimate of drug-likeness (QED) is 0.410. The standard InChI is InChI=1S/C25H28F2N8O/c1-14-10-16-23(27)19(11-17(26)24(16)34(14)3)36-25-29-20(28-21-12-18(31-32-21)15-4-5-15)13-22(30-25)35-8-6-33(2)7-9-35/h10-13,15H,4-9H2,1-3H3,(H2,28,29,30,31,32). The molecule has 2 fully saturated rings. The maximum Gasteiger partial charge on any atom is 0.326 e. The minimum Gasteiger partial charge on any atom is -0.421 e. The van der Waals surface area contributed by atoms with E-state index in [4.69, 9.17) is 4.74 Å². The number of aromatic nitrogens is 5. The topological polar surface area (TPSA) is 87.1 Å². The summed E-state index contributed by atoms with van der Waals surface area (Å²) in [6.07, 6.45) is 2.32. The molecule has 2 N–H and O–H groups in total. The number of benzene rings is 1. The van der Waals surface area contributed by atoms with Gasteiger partial charge in [-0.05, 0) is 32.9 Å². The third-order valence-corrected chi connectivity index (χ3v) is 7.00. The SMILES string of the molecule is Cc1cc2c(F)c(Oc3nc(Nc4cc(C5CC5)[nH]n4)cc(N4CCN(C)CC4)n3)cc(F)c2n1C. The first-order chi connectivity index (χ1) is 17.4. The van der Waals surface area contributed by atoms with Crippen LogP contribution in [0.2, 0.25) is 0 Å². The number of hydrogen-bond donors (Lipinski definition) is 2. The van der Waals surface area contributed by atoms with Crippen LogP contribution in [-0.2, 0) is 7.05 Å². The Kier molecular flexibility index (Phi) is 5.51. The van der Waals surface area contributed by atoms with Crippen LogP contribution in [0.5, 0.6) is 11.8 Å². The fourth-order valence-electron chi connectivity index (χ4n) is 4.59. The van der Waals surface area contributed by atoms with Gasteiger partial charge in [-0.25, -0.2) is 8.78 Å². The van der Waals surface area contributed by atoms with Crippen LogP contribution in [-0.4, -0.2) is 62.9 Å². The molecule has 2 aliphatic rings. The highest BCUT2D eigenvalue weighted by Gasteiger charge is 2.26. The van der Waals surface area contributed by atoms with Crippen LogP contribution in [0.4, 0.5) is 26.2 Å². The van der Waals surface area contributed by atoms with Gasteiger partial charge in [0.25, 0.3) is 0 Å². The number of hydrogen-bond acceptors (Lipinski definition) is 7. The van der Waals surface area contributed by atoms with Crippen molar-refractivity contribution in [1.29, 1.82) is 0 Å². The fourth-order valence-corrected chi connectivity index (χ4v) is 4.59. The Morgan fingerprint density at radius 2 is 1.78 bits per heavy atom. The molecule has 1 aliphatic carbocycles. The van der Waals surface area contributed by atoms with E-state index in [9.17, 15) is 4.39 Å². The number of H-pyrrole nitrogens is 1. The molecule has 1 aliphatic heterocycles. The summed E-state index contributed by atoms with van der Waals surface area (Å²) in [6.45, 7) is 5.12. The third-order valence-electron chi connectivity index (χ3n) is 7.00. The van der Waals surface area contributed by atoms with Crippen molar-refractivity contribution in [3.05, 3.63) is 47.3 Å². The van der Waals surface area contributed by atoms with Crippen molar-refractivity contribution in [2.45, 2.75) is 25.7 Å². The zero-order valence-corrected chi connectivity index (χ0v) is 20.5. The van der Waals surface area contributed by atoms with E-state index in [0.717, 1.165) is 56.5 Å². The van der Waals surface area contributed by atoms with Gasteiger partial charge in [-0.1, -0.05) is 0 Å². The molecule has 0 spiro atoms. The first kappa shape index (κ1) is 22.7. The number of nitrogens with one attached hydrogen (secondary N) is 2. The molecule has 0 amide bonds. The van der Waals surface area contributed by atoms with Crippen LogP contribution in [0.15, 0.2) is 24.3 Å². The molecular formula is C25H28F2N8O. The molecule has 1 saturated carbocycles. The van der Waals surface area contributed by atoms with Crippen molar-refractivity contribution in [3.63, 3.8) is 0 Å². The van der Waals surface area contributed by atoms with Crippen molar-refractivity contribution in [1.82, 2.24) is 29.6 Å². The molecule has 1 aromatic carbocycles. The molecule has 11 heteroatoms. The number of rotatable bonds is 6. The van der Waals surface area contributed by atoms with Gasteiger partial charge in [0.15, 0.2) is 23.2 Å². The Hall–Kier alpha value is -3.73. The maximum atomic E-state index is 15.4. The molecule has 0 radical (unpaired) electrons. The van der Waals surface area contributed by atoms with E-state index in [2.05, 4.69) is 42.3 Å². The van der Waals surface area contributed by atoms with Crippen LogP contribution in [0.25, 0.3) is 10.9 Å². The van der Waals surface area contributed by atoms with Gasteiger partial charge in [0, 0.05) is 74.1 Å². The summed E-state index contributed by atoms with van der Waals surface area (Å²) in [5.74, 6) is 0.778. The molecule has 0 atom stereocenters. The van der Waals surface area contributed by atoms with E-state index in [-0.39, 0.29) is 22.7 Å². The summed E-state index contributed by atoms with van der Waals surface area (Å²) < 4.78 is 37.7. The lowest BCUT2D eigenvalue weighted by Crippen LogP contribution is -2.44. The lowest BCUT2D eigenvalue weighted by atomic mass is 10.2. The van der Waals surface area contributed by atoms with E-state index in [0.29, 0.717) is 23.4 Å². The highest BCUT2D eigenvalue weighted by molar-refractivity contribution is 5.84. The second-order valence-corrected chi connectivity index (χ2v) is 9.67. The highest BCUT2D eigenvalue weighted by atomic mass is 19.1. The van der Waals surface area contributed by atoms with Gasteiger partial charge >= 0.3 is 6.01 Å². The van der Waals surface area contributed by atoms with Crippen LogP contribution in [0.1, 0.15) is 30.1 Å². The van der Waals surface area contributed by atoms with Crippen LogP contribution in [0.3, 0.4) is 0 Å². The second-order valence-electron chi connectivity index (χ2n) is 9.67. The third kappa shape index (κ3) is 4.23. The van der Waals surface area contributed by atoms with Gasteiger partial charge in [-0.15, -0.1) is 0 Å². The zero-order valence-electron chi connectivity index (χ0n) is 20.5. The molecule has 0 unspecified atom stereocenters. The molecule has 36 heavy (non-hydrogen) atoms. The first-order valence-electron chi connectivity index (χ1n) is 12.1. The number of ether oxygens (including phenoxy) is 1. The van der Waals surface area contributed by atoms with Crippen molar-refractivity contribution in [3.8, 4) is 11.8 Å². The monoisotopic (exact) mass is 494 g/mol. The summed E-state index contributed by atoms with van der Waals surface area (Å²) in [7, 11) is 3.78. The minimum atomic E-state index is -0.653. The maximum absolute atomic E-state index is 15.4. The molecular weight excluding hydrogens is 466 g/mol. The van der Waals surface area contributed by atoms with Gasteiger partial charge in [-0.2, -0.15) is 15.1 Å². The first-order valence-corrected chi connectivity index (χ1v) is 12.1. The molecule has 9 nitrogen and oxygen atoms in total. The second kappa shape index (κ2) is 8.74. The van der Waals surface area contributed by atoms with Gasteiger partial charge < -0.3 is 24.4 Å². The van der Waals surface area contributed by atoms with Gasteiger partial charge in [0.1, 0.15) is 11.6 Å². The molecule has 4 aromatic rings. The summed E-state index contributed by atoms with van der Waals surface area (Å²) >= 11 is 0. The molecule has 188 valence electrons. The van der Waals surface area contributed by atoms with Crippen LogP contribution < -0.4 is 15.0 Å². The number of aromatic amines is 1. The summed E-state index contributed by atoms with van der Waals surface area (Å²) in [4.78, 5) is 13.4. The largest absolute Gasteiger partial charge is 0.421 e. The van der Waals surface area contributed by atoms with Gasteiger partial charge in [-0.3, -0.25) is 5.10 Å². The number of piperazine rings is 1. The highest BCUT2D eigenvalue weighted by Crippen LogP contribution is 2.40. The van der Waals surface area contributed by atoms with Crippen molar-refractivity contribution < 1.29 is 13.5 Å². The molecule has 6 rings (SSSR count).